The lowest BCUT2D eigenvalue weighted by Crippen LogP contribution is -2.34. The van der Waals surface area contributed by atoms with Crippen LogP contribution in [-0.4, -0.2) is 31.1 Å². The summed E-state index contributed by atoms with van der Waals surface area (Å²) in [4.78, 5) is 13.9. The molecule has 26 heavy (non-hydrogen) atoms. The lowest BCUT2D eigenvalue weighted by molar-refractivity contribution is -0.133. The van der Waals surface area contributed by atoms with Crippen LogP contribution in [0.15, 0.2) is 36.4 Å². The molecule has 0 aliphatic carbocycles. The van der Waals surface area contributed by atoms with Crippen LogP contribution in [0, 0.1) is 17.1 Å². The molecule has 7 heteroatoms. The Hall–Kier alpha value is -2.78. The first kappa shape index (κ1) is 19.5. The summed E-state index contributed by atoms with van der Waals surface area (Å²) in [5, 5.41) is 9.08. The molecule has 136 valence electrons. The number of likely N-dealkylation sites (N-methyl/N-ethyl adjacent to an activating group) is 1. The van der Waals surface area contributed by atoms with Crippen molar-refractivity contribution >= 4 is 17.5 Å². The Morgan fingerprint density at radius 2 is 2.00 bits per heavy atom. The summed E-state index contributed by atoms with van der Waals surface area (Å²) in [7, 11) is 1.39. The second-order valence-corrected chi connectivity index (χ2v) is 5.83. The number of hydrogen-bond donors (Lipinski definition) is 0. The van der Waals surface area contributed by atoms with Gasteiger partial charge in [-0.1, -0.05) is 17.7 Å². The second-order valence-electron chi connectivity index (χ2n) is 5.42. The van der Waals surface area contributed by atoms with E-state index in [0.717, 1.165) is 0 Å². The number of nitriles is 1. The lowest BCUT2D eigenvalue weighted by Gasteiger charge is -2.21. The van der Waals surface area contributed by atoms with Gasteiger partial charge in [-0.15, -0.1) is 0 Å². The Kier molecular flexibility index (Phi) is 6.81. The van der Waals surface area contributed by atoms with Gasteiger partial charge in [0.2, 0.25) is 0 Å². The number of amides is 1. The Balaban J connectivity index is 2.00. The van der Waals surface area contributed by atoms with Crippen LogP contribution in [0.25, 0.3) is 0 Å². The summed E-state index contributed by atoms with van der Waals surface area (Å²) in [6.45, 7) is 2.31. The first-order chi connectivity index (χ1) is 12.5. The molecule has 0 radical (unpaired) electrons. The predicted octanol–water partition coefficient (Wildman–Crippen LogP) is 3.79. The fraction of sp³-hybridized carbons (Fsp3) is 0.263. The highest BCUT2D eigenvalue weighted by Gasteiger charge is 2.15. The third-order valence-corrected chi connectivity index (χ3v) is 4.03. The van der Waals surface area contributed by atoms with Gasteiger partial charge >= 0.3 is 0 Å². The van der Waals surface area contributed by atoms with Gasteiger partial charge in [-0.2, -0.15) is 5.26 Å². The molecular formula is C19H18ClFN2O3. The Bertz CT molecular complexity index is 836. The van der Waals surface area contributed by atoms with E-state index in [-0.39, 0.29) is 29.8 Å². The highest BCUT2D eigenvalue weighted by molar-refractivity contribution is 6.32. The van der Waals surface area contributed by atoms with Gasteiger partial charge in [-0.25, -0.2) is 4.39 Å². The van der Waals surface area contributed by atoms with Crippen molar-refractivity contribution in [3.63, 3.8) is 0 Å². The topological polar surface area (TPSA) is 62.6 Å². The summed E-state index contributed by atoms with van der Waals surface area (Å²) in [5.74, 6) is -0.259. The van der Waals surface area contributed by atoms with Gasteiger partial charge in [-0.3, -0.25) is 4.79 Å². The maximum atomic E-state index is 13.8. The van der Waals surface area contributed by atoms with Crippen LogP contribution in [0.2, 0.25) is 5.02 Å². The zero-order valence-corrected chi connectivity index (χ0v) is 15.2. The number of nitrogens with zero attached hydrogens (tertiary/aromatic N) is 2. The number of halogens is 2. The third kappa shape index (κ3) is 4.87. The average Bonchev–Trinajstić information content (AvgIpc) is 2.64. The quantitative estimate of drug-likeness (QED) is 0.737. The summed E-state index contributed by atoms with van der Waals surface area (Å²) in [5.41, 5.74) is 1.06. The molecular weight excluding hydrogens is 359 g/mol. The lowest BCUT2D eigenvalue weighted by atomic mass is 10.2. The van der Waals surface area contributed by atoms with Crippen molar-refractivity contribution in [3.8, 4) is 17.6 Å². The number of carbonyl (C=O) groups is 1. The Morgan fingerprint density at radius 3 is 2.58 bits per heavy atom. The number of methoxy groups -OCH3 is 1. The minimum Gasteiger partial charge on any atom is -0.494 e. The first-order valence-corrected chi connectivity index (χ1v) is 8.29. The monoisotopic (exact) mass is 376 g/mol. The summed E-state index contributed by atoms with van der Waals surface area (Å²) in [6.07, 6.45) is 0. The SMILES string of the molecule is CCN(Cc1ccc(OC)c(F)c1)C(=O)COc1ccc(C#N)cc1Cl. The van der Waals surface area contributed by atoms with E-state index in [9.17, 15) is 9.18 Å². The molecule has 0 fully saturated rings. The smallest absolute Gasteiger partial charge is 0.260 e. The highest BCUT2D eigenvalue weighted by Crippen LogP contribution is 2.25. The Morgan fingerprint density at radius 1 is 1.27 bits per heavy atom. The van der Waals surface area contributed by atoms with Gasteiger partial charge in [0.25, 0.3) is 5.91 Å². The van der Waals surface area contributed by atoms with E-state index in [4.69, 9.17) is 26.3 Å². The maximum absolute atomic E-state index is 13.8. The molecule has 0 N–H and O–H groups in total. The van der Waals surface area contributed by atoms with E-state index in [2.05, 4.69) is 0 Å². The predicted molar refractivity (Wildman–Crippen MR) is 95.7 cm³/mol. The minimum atomic E-state index is -0.478. The second kappa shape index (κ2) is 9.07. The first-order valence-electron chi connectivity index (χ1n) is 7.91. The van der Waals surface area contributed by atoms with E-state index in [0.29, 0.717) is 23.4 Å². The van der Waals surface area contributed by atoms with E-state index in [1.54, 1.807) is 23.1 Å². The largest absolute Gasteiger partial charge is 0.494 e. The molecule has 2 aromatic carbocycles. The summed E-state index contributed by atoms with van der Waals surface area (Å²) < 4.78 is 24.1. The van der Waals surface area contributed by atoms with Crippen LogP contribution < -0.4 is 9.47 Å². The molecule has 0 saturated carbocycles. The molecule has 0 atom stereocenters. The van der Waals surface area contributed by atoms with Crippen molar-refractivity contribution in [2.75, 3.05) is 20.3 Å². The normalized spacial score (nSPS) is 10.1. The molecule has 0 heterocycles. The van der Waals surface area contributed by atoms with Crippen LogP contribution in [0.3, 0.4) is 0 Å². The van der Waals surface area contributed by atoms with Crippen LogP contribution in [-0.2, 0) is 11.3 Å². The fourth-order valence-corrected chi connectivity index (χ4v) is 2.56. The van der Waals surface area contributed by atoms with E-state index in [1.807, 2.05) is 13.0 Å². The molecule has 0 aromatic heterocycles. The molecule has 0 bridgehead atoms. The maximum Gasteiger partial charge on any atom is 0.260 e. The van der Waals surface area contributed by atoms with Gasteiger partial charge in [0.15, 0.2) is 18.2 Å². The van der Waals surface area contributed by atoms with Gasteiger partial charge in [0.05, 0.1) is 23.8 Å². The van der Waals surface area contributed by atoms with Crippen LogP contribution >= 0.6 is 11.6 Å². The third-order valence-electron chi connectivity index (χ3n) is 3.74. The molecule has 0 aliphatic rings. The molecule has 0 spiro atoms. The van der Waals surface area contributed by atoms with Gasteiger partial charge in [-0.05, 0) is 42.8 Å². The number of benzene rings is 2. The zero-order chi connectivity index (χ0) is 19.1. The molecule has 1 amide bonds. The molecule has 5 nitrogen and oxygen atoms in total. The molecule has 0 unspecified atom stereocenters. The fourth-order valence-electron chi connectivity index (χ4n) is 2.32. The van der Waals surface area contributed by atoms with Gasteiger partial charge in [0, 0.05) is 13.1 Å². The molecule has 0 aliphatic heterocycles. The van der Waals surface area contributed by atoms with Gasteiger partial charge in [0.1, 0.15) is 5.75 Å². The van der Waals surface area contributed by atoms with Crippen molar-refractivity contribution in [1.29, 1.82) is 5.26 Å². The molecule has 2 rings (SSSR count). The Labute approximate surface area is 156 Å². The van der Waals surface area contributed by atoms with Gasteiger partial charge < -0.3 is 14.4 Å². The van der Waals surface area contributed by atoms with Crippen LogP contribution in [0.5, 0.6) is 11.5 Å². The van der Waals surface area contributed by atoms with E-state index < -0.39 is 5.82 Å². The van der Waals surface area contributed by atoms with Crippen molar-refractivity contribution in [1.82, 2.24) is 4.90 Å². The average molecular weight is 377 g/mol. The molecule has 0 saturated heterocycles. The zero-order valence-electron chi connectivity index (χ0n) is 14.5. The number of carbonyl (C=O) groups excluding carboxylic acids is 1. The summed E-state index contributed by atoms with van der Waals surface area (Å²) in [6, 6.07) is 11.1. The van der Waals surface area contributed by atoms with Crippen LogP contribution in [0.4, 0.5) is 4.39 Å². The van der Waals surface area contributed by atoms with Crippen molar-refractivity contribution in [3.05, 3.63) is 58.4 Å². The van der Waals surface area contributed by atoms with Crippen molar-refractivity contribution in [2.24, 2.45) is 0 Å². The van der Waals surface area contributed by atoms with Crippen LogP contribution in [0.1, 0.15) is 18.1 Å². The molecule has 2 aromatic rings. The standard InChI is InChI=1S/C19H18ClFN2O3/c1-3-23(11-14-5-7-18(25-2)16(21)9-14)19(24)12-26-17-6-4-13(10-22)8-15(17)20/h4-9H,3,11-12H2,1-2H3. The van der Waals surface area contributed by atoms with E-state index in [1.165, 1.54) is 25.3 Å². The number of hydrogen-bond acceptors (Lipinski definition) is 4. The highest BCUT2D eigenvalue weighted by atomic mass is 35.5. The number of ether oxygens (including phenoxy) is 2. The van der Waals surface area contributed by atoms with Crippen molar-refractivity contribution in [2.45, 2.75) is 13.5 Å². The number of rotatable bonds is 7. The minimum absolute atomic E-state index is 0.155. The van der Waals surface area contributed by atoms with Crippen molar-refractivity contribution < 1.29 is 18.7 Å². The summed E-state index contributed by atoms with van der Waals surface area (Å²) >= 11 is 6.03. The van der Waals surface area contributed by atoms with E-state index >= 15 is 0 Å².